The lowest BCUT2D eigenvalue weighted by Crippen LogP contribution is -2.45. The van der Waals surface area contributed by atoms with E-state index in [4.69, 9.17) is 9.47 Å². The Bertz CT molecular complexity index is 812. The van der Waals surface area contributed by atoms with E-state index >= 15 is 0 Å². The van der Waals surface area contributed by atoms with Gasteiger partial charge in [0.2, 0.25) is 0 Å². The van der Waals surface area contributed by atoms with E-state index < -0.39 is 23.7 Å². The van der Waals surface area contributed by atoms with Crippen molar-refractivity contribution in [3.63, 3.8) is 0 Å². The number of aliphatic hydroxyl groups is 1. The molecule has 0 aliphatic carbocycles. The third-order valence-corrected chi connectivity index (χ3v) is 3.88. The van der Waals surface area contributed by atoms with E-state index in [1.807, 2.05) is 36.4 Å². The van der Waals surface area contributed by atoms with Gasteiger partial charge in [-0.25, -0.2) is 9.59 Å². The fourth-order valence-corrected chi connectivity index (χ4v) is 2.60. The molecule has 2 aromatic rings. The molecule has 7 nitrogen and oxygen atoms in total. The molecular weight excluding hydrogens is 360 g/mol. The Morgan fingerprint density at radius 1 is 1.14 bits per heavy atom. The van der Waals surface area contributed by atoms with Crippen LogP contribution in [0.3, 0.4) is 0 Å². The number of pyridine rings is 1. The van der Waals surface area contributed by atoms with Gasteiger partial charge in [-0.05, 0) is 49.6 Å². The van der Waals surface area contributed by atoms with Gasteiger partial charge in [-0.3, -0.25) is 4.98 Å². The van der Waals surface area contributed by atoms with Gasteiger partial charge in [-0.2, -0.15) is 0 Å². The van der Waals surface area contributed by atoms with Gasteiger partial charge >= 0.3 is 12.1 Å². The molecule has 1 amide bonds. The van der Waals surface area contributed by atoms with Crippen LogP contribution < -0.4 is 5.32 Å². The minimum atomic E-state index is -0.854. The number of ether oxygens (including phenoxy) is 2. The molecule has 2 N–H and O–H groups in total. The summed E-state index contributed by atoms with van der Waals surface area (Å²) in [5, 5.41) is 11.8. The van der Waals surface area contributed by atoms with Crippen LogP contribution in [0.5, 0.6) is 0 Å². The molecule has 1 unspecified atom stereocenters. The van der Waals surface area contributed by atoms with Crippen LogP contribution in [0.15, 0.2) is 42.6 Å². The van der Waals surface area contributed by atoms with Crippen molar-refractivity contribution in [1.29, 1.82) is 0 Å². The number of amides is 1. The second-order valence-corrected chi connectivity index (χ2v) is 7.32. The first-order chi connectivity index (χ1) is 13.2. The van der Waals surface area contributed by atoms with Crippen molar-refractivity contribution < 1.29 is 24.2 Å². The first-order valence-corrected chi connectivity index (χ1v) is 8.94. The lowest BCUT2D eigenvalue weighted by atomic mass is 10.0. The monoisotopic (exact) mass is 386 g/mol. The highest BCUT2D eigenvalue weighted by molar-refractivity contribution is 5.81. The number of hydrogen-bond donors (Lipinski definition) is 2. The highest BCUT2D eigenvalue weighted by Crippen LogP contribution is 2.21. The summed E-state index contributed by atoms with van der Waals surface area (Å²) in [6.45, 7) is 5.13. The Balaban J connectivity index is 2.11. The standard InChI is InChI=1S/C21H26N2O5/c1-21(2,3)28-20(26)23-18(19(25)27-4)11-14-5-7-15(8-6-14)16-9-10-22-17(12-16)13-24/h5-10,12,18,24H,11,13H2,1-4H3,(H,23,26). The van der Waals surface area contributed by atoms with Gasteiger partial charge in [0.05, 0.1) is 19.4 Å². The number of carbonyl (C=O) groups excluding carboxylic acids is 2. The smallest absolute Gasteiger partial charge is 0.408 e. The Labute approximate surface area is 164 Å². The third-order valence-electron chi connectivity index (χ3n) is 3.88. The zero-order valence-electron chi connectivity index (χ0n) is 16.6. The first-order valence-electron chi connectivity index (χ1n) is 8.94. The van der Waals surface area contributed by atoms with Crippen LogP contribution in [-0.2, 0) is 27.3 Å². The van der Waals surface area contributed by atoms with Gasteiger partial charge in [0.25, 0.3) is 0 Å². The molecule has 0 fully saturated rings. The van der Waals surface area contributed by atoms with Crippen molar-refractivity contribution in [2.24, 2.45) is 0 Å². The van der Waals surface area contributed by atoms with Crippen LogP contribution in [0.1, 0.15) is 32.0 Å². The normalized spacial score (nSPS) is 12.2. The quantitative estimate of drug-likeness (QED) is 0.741. The maximum atomic E-state index is 12.1. The SMILES string of the molecule is COC(=O)C(Cc1ccc(-c2ccnc(CO)c2)cc1)NC(=O)OC(C)(C)C. The molecule has 1 aromatic carbocycles. The maximum Gasteiger partial charge on any atom is 0.408 e. The Morgan fingerprint density at radius 2 is 1.82 bits per heavy atom. The van der Waals surface area contributed by atoms with Crippen molar-refractivity contribution >= 4 is 12.1 Å². The highest BCUT2D eigenvalue weighted by atomic mass is 16.6. The number of esters is 1. The van der Waals surface area contributed by atoms with Crippen LogP contribution in [-0.4, -0.2) is 40.9 Å². The number of aliphatic hydroxyl groups excluding tert-OH is 1. The maximum absolute atomic E-state index is 12.1. The second kappa shape index (κ2) is 9.32. The van der Waals surface area contributed by atoms with Gasteiger partial charge in [-0.15, -0.1) is 0 Å². The first kappa shape index (κ1) is 21.4. The number of benzene rings is 1. The van der Waals surface area contributed by atoms with Crippen molar-refractivity contribution in [2.45, 2.75) is 45.4 Å². The lowest BCUT2D eigenvalue weighted by molar-refractivity contribution is -0.143. The van der Waals surface area contributed by atoms with E-state index in [2.05, 4.69) is 10.3 Å². The topological polar surface area (TPSA) is 97.8 Å². The fraction of sp³-hybridized carbons (Fsp3) is 0.381. The number of aromatic nitrogens is 1. The van der Waals surface area contributed by atoms with Crippen LogP contribution in [0.25, 0.3) is 11.1 Å². The van der Waals surface area contributed by atoms with Gasteiger partial charge in [0.1, 0.15) is 11.6 Å². The highest BCUT2D eigenvalue weighted by Gasteiger charge is 2.25. The molecule has 150 valence electrons. The van der Waals surface area contributed by atoms with Gasteiger partial charge in [0, 0.05) is 12.6 Å². The summed E-state index contributed by atoms with van der Waals surface area (Å²) in [6, 6.07) is 10.4. The largest absolute Gasteiger partial charge is 0.467 e. The molecule has 0 saturated heterocycles. The summed E-state index contributed by atoms with van der Waals surface area (Å²) in [4.78, 5) is 28.1. The molecule has 0 radical (unpaired) electrons. The number of rotatable bonds is 6. The fourth-order valence-electron chi connectivity index (χ4n) is 2.60. The lowest BCUT2D eigenvalue weighted by Gasteiger charge is -2.22. The Hall–Kier alpha value is -2.93. The van der Waals surface area contributed by atoms with Crippen LogP contribution >= 0.6 is 0 Å². The van der Waals surface area contributed by atoms with E-state index in [0.717, 1.165) is 16.7 Å². The molecule has 0 bridgehead atoms. The zero-order valence-corrected chi connectivity index (χ0v) is 16.6. The molecule has 2 rings (SSSR count). The molecule has 0 aliphatic rings. The van der Waals surface area contributed by atoms with E-state index in [-0.39, 0.29) is 13.0 Å². The average molecular weight is 386 g/mol. The molecule has 1 atom stereocenters. The van der Waals surface area contributed by atoms with E-state index in [1.54, 1.807) is 27.0 Å². The van der Waals surface area contributed by atoms with Gasteiger partial charge < -0.3 is 19.9 Å². The van der Waals surface area contributed by atoms with Crippen LogP contribution in [0.2, 0.25) is 0 Å². The summed E-state index contributed by atoms with van der Waals surface area (Å²) in [5.74, 6) is -0.545. The molecule has 0 spiro atoms. The van der Waals surface area contributed by atoms with Crippen molar-refractivity contribution in [3.8, 4) is 11.1 Å². The molecule has 1 aromatic heterocycles. The van der Waals surface area contributed by atoms with Crippen molar-refractivity contribution in [2.75, 3.05) is 7.11 Å². The van der Waals surface area contributed by atoms with E-state index in [0.29, 0.717) is 5.69 Å². The number of nitrogens with zero attached hydrogens (tertiary/aromatic N) is 1. The number of alkyl carbamates (subject to hydrolysis) is 1. The molecule has 0 aliphatic heterocycles. The van der Waals surface area contributed by atoms with Crippen molar-refractivity contribution in [3.05, 3.63) is 53.9 Å². The van der Waals surface area contributed by atoms with Crippen molar-refractivity contribution in [1.82, 2.24) is 10.3 Å². The predicted octanol–water partition coefficient (Wildman–Crippen LogP) is 2.85. The zero-order chi connectivity index (χ0) is 20.7. The minimum Gasteiger partial charge on any atom is -0.467 e. The molecule has 7 heteroatoms. The Morgan fingerprint density at radius 3 is 2.39 bits per heavy atom. The number of hydrogen-bond acceptors (Lipinski definition) is 6. The van der Waals surface area contributed by atoms with E-state index in [1.165, 1.54) is 7.11 Å². The van der Waals surface area contributed by atoms with Crippen LogP contribution in [0, 0.1) is 0 Å². The summed E-state index contributed by atoms with van der Waals surface area (Å²) < 4.78 is 10.0. The minimum absolute atomic E-state index is 0.122. The summed E-state index contributed by atoms with van der Waals surface area (Å²) >= 11 is 0. The summed E-state index contributed by atoms with van der Waals surface area (Å²) in [6.07, 6.45) is 1.24. The summed E-state index contributed by atoms with van der Waals surface area (Å²) in [7, 11) is 1.28. The third kappa shape index (κ3) is 6.35. The molecule has 28 heavy (non-hydrogen) atoms. The van der Waals surface area contributed by atoms with E-state index in [9.17, 15) is 14.7 Å². The predicted molar refractivity (Wildman–Crippen MR) is 104 cm³/mol. The Kier molecular flexibility index (Phi) is 7.12. The molecular formula is C21H26N2O5. The number of methoxy groups -OCH3 is 1. The second-order valence-electron chi connectivity index (χ2n) is 7.32. The number of nitrogens with one attached hydrogen (secondary N) is 1. The summed E-state index contributed by atoms with van der Waals surface area (Å²) in [5.41, 5.74) is 2.67. The molecule has 1 heterocycles. The molecule has 0 saturated carbocycles. The average Bonchev–Trinajstić information content (AvgIpc) is 2.66. The van der Waals surface area contributed by atoms with Crippen LogP contribution in [0.4, 0.5) is 4.79 Å². The number of carbonyl (C=O) groups is 2. The van der Waals surface area contributed by atoms with Gasteiger partial charge in [0.15, 0.2) is 0 Å². The van der Waals surface area contributed by atoms with Gasteiger partial charge in [-0.1, -0.05) is 24.3 Å².